The van der Waals surface area contributed by atoms with Gasteiger partial charge in [0.05, 0.1) is 6.61 Å². The average Bonchev–Trinajstić information content (AvgIpc) is 2.08. The van der Waals surface area contributed by atoms with E-state index in [0.29, 0.717) is 6.61 Å². The molecular formula is C8H12IN3O. The van der Waals surface area contributed by atoms with Crippen LogP contribution < -0.4 is 9.64 Å². The van der Waals surface area contributed by atoms with Crippen molar-refractivity contribution in [2.75, 3.05) is 25.6 Å². The molecule has 1 rings (SSSR count). The largest absolute Gasteiger partial charge is 0.491 e. The summed E-state index contributed by atoms with van der Waals surface area (Å²) in [5.74, 6) is 1.60. The molecule has 0 aliphatic rings. The van der Waals surface area contributed by atoms with Crippen molar-refractivity contribution in [3.63, 3.8) is 0 Å². The molecule has 0 amide bonds. The van der Waals surface area contributed by atoms with Crippen molar-refractivity contribution in [3.05, 3.63) is 9.77 Å². The monoisotopic (exact) mass is 293 g/mol. The second-order valence-corrected chi connectivity index (χ2v) is 3.71. The highest BCUT2D eigenvalue weighted by Crippen LogP contribution is 2.21. The molecule has 0 saturated carbocycles. The molecule has 5 heteroatoms. The molecule has 0 bridgehead atoms. The molecule has 0 fully saturated rings. The van der Waals surface area contributed by atoms with Gasteiger partial charge in [0.2, 0.25) is 0 Å². The van der Waals surface area contributed by atoms with Gasteiger partial charge in [0.25, 0.3) is 0 Å². The highest BCUT2D eigenvalue weighted by atomic mass is 127. The van der Waals surface area contributed by atoms with E-state index in [2.05, 4.69) is 32.8 Å². The maximum absolute atomic E-state index is 5.39. The minimum Gasteiger partial charge on any atom is -0.491 e. The molecule has 1 aromatic heterocycles. The summed E-state index contributed by atoms with van der Waals surface area (Å²) in [6, 6.07) is 1.89. The highest BCUT2D eigenvalue weighted by Gasteiger charge is 2.05. The lowest BCUT2D eigenvalue weighted by atomic mass is 10.5. The summed E-state index contributed by atoms with van der Waals surface area (Å²) in [4.78, 5) is 1.89. The Bertz CT molecular complexity index is 291. The van der Waals surface area contributed by atoms with Crippen molar-refractivity contribution < 1.29 is 4.74 Å². The Balaban J connectivity index is 2.97. The van der Waals surface area contributed by atoms with Gasteiger partial charge in [-0.05, 0) is 29.5 Å². The van der Waals surface area contributed by atoms with Gasteiger partial charge in [0, 0.05) is 20.2 Å². The molecule has 0 aliphatic heterocycles. The lowest BCUT2D eigenvalue weighted by molar-refractivity contribution is 0.335. The van der Waals surface area contributed by atoms with E-state index >= 15 is 0 Å². The molecule has 0 unspecified atom stereocenters. The molecule has 0 aromatic carbocycles. The number of halogens is 1. The Hall–Kier alpha value is -0.590. The zero-order chi connectivity index (χ0) is 9.84. The van der Waals surface area contributed by atoms with Gasteiger partial charge in [-0.2, -0.15) is 0 Å². The Kier molecular flexibility index (Phi) is 3.71. The molecule has 0 radical (unpaired) electrons. The quantitative estimate of drug-likeness (QED) is 0.793. The summed E-state index contributed by atoms with van der Waals surface area (Å²) < 4.78 is 6.19. The van der Waals surface area contributed by atoms with Gasteiger partial charge in [-0.15, -0.1) is 10.2 Å². The summed E-state index contributed by atoms with van der Waals surface area (Å²) in [7, 11) is 3.85. The van der Waals surface area contributed by atoms with E-state index in [0.717, 1.165) is 15.3 Å². The number of aromatic nitrogens is 2. The van der Waals surface area contributed by atoms with Gasteiger partial charge in [-0.25, -0.2) is 0 Å². The Morgan fingerprint density at radius 3 is 2.69 bits per heavy atom. The molecule has 0 spiro atoms. The molecule has 0 N–H and O–H groups in total. The van der Waals surface area contributed by atoms with Gasteiger partial charge >= 0.3 is 0 Å². The van der Waals surface area contributed by atoms with E-state index in [1.54, 1.807) is 0 Å². The van der Waals surface area contributed by atoms with E-state index in [-0.39, 0.29) is 0 Å². The fraction of sp³-hybridized carbons (Fsp3) is 0.500. The fourth-order valence-corrected chi connectivity index (χ4v) is 1.24. The molecule has 13 heavy (non-hydrogen) atoms. The number of hydrogen-bond donors (Lipinski definition) is 0. The maximum Gasteiger partial charge on any atom is 0.165 e. The van der Waals surface area contributed by atoms with Crippen molar-refractivity contribution in [3.8, 4) is 5.75 Å². The van der Waals surface area contributed by atoms with Gasteiger partial charge in [-0.3, -0.25) is 0 Å². The molecule has 0 saturated heterocycles. The lowest BCUT2D eigenvalue weighted by Gasteiger charge is -2.12. The molecule has 72 valence electrons. The third-order valence-corrected chi connectivity index (χ3v) is 2.21. The summed E-state index contributed by atoms with van der Waals surface area (Å²) in [6.07, 6.45) is 0. The van der Waals surface area contributed by atoms with Crippen LogP contribution in [0.15, 0.2) is 6.07 Å². The normalized spacial score (nSPS) is 9.85. The Morgan fingerprint density at radius 1 is 1.46 bits per heavy atom. The first-order valence-electron chi connectivity index (χ1n) is 3.98. The van der Waals surface area contributed by atoms with Gasteiger partial charge in [-0.1, -0.05) is 0 Å². The topological polar surface area (TPSA) is 38.2 Å². The van der Waals surface area contributed by atoms with Crippen LogP contribution in [0.5, 0.6) is 5.75 Å². The van der Waals surface area contributed by atoms with Crippen LogP contribution in [0.4, 0.5) is 5.82 Å². The number of anilines is 1. The van der Waals surface area contributed by atoms with Crippen LogP contribution in [-0.4, -0.2) is 30.9 Å². The molecule has 1 heterocycles. The van der Waals surface area contributed by atoms with Crippen LogP contribution >= 0.6 is 22.6 Å². The summed E-state index contributed by atoms with van der Waals surface area (Å²) >= 11 is 2.11. The standard InChI is InChI=1S/C8H12IN3O/c1-4-13-6-5-7(12(2)3)10-11-8(6)9/h5H,4H2,1-3H3. The Labute approximate surface area is 91.4 Å². The van der Waals surface area contributed by atoms with Crippen molar-refractivity contribution >= 4 is 28.4 Å². The Morgan fingerprint density at radius 2 is 2.15 bits per heavy atom. The summed E-state index contributed by atoms with van der Waals surface area (Å²) in [5.41, 5.74) is 0. The molecule has 0 atom stereocenters. The number of hydrogen-bond acceptors (Lipinski definition) is 4. The van der Waals surface area contributed by atoms with Crippen molar-refractivity contribution in [1.29, 1.82) is 0 Å². The first-order valence-corrected chi connectivity index (χ1v) is 5.06. The smallest absolute Gasteiger partial charge is 0.165 e. The van der Waals surface area contributed by atoms with Crippen LogP contribution in [0.1, 0.15) is 6.92 Å². The van der Waals surface area contributed by atoms with E-state index in [9.17, 15) is 0 Å². The summed E-state index contributed by atoms with van der Waals surface area (Å²) in [6.45, 7) is 2.60. The van der Waals surface area contributed by atoms with E-state index < -0.39 is 0 Å². The van der Waals surface area contributed by atoms with E-state index in [4.69, 9.17) is 4.74 Å². The third-order valence-electron chi connectivity index (χ3n) is 1.46. The SMILES string of the molecule is CCOc1cc(N(C)C)nnc1I. The van der Waals surface area contributed by atoms with Crippen molar-refractivity contribution in [2.24, 2.45) is 0 Å². The van der Waals surface area contributed by atoms with Crippen molar-refractivity contribution in [1.82, 2.24) is 10.2 Å². The van der Waals surface area contributed by atoms with Crippen LogP contribution in [0.2, 0.25) is 0 Å². The second-order valence-electron chi connectivity index (χ2n) is 2.69. The predicted octanol–water partition coefficient (Wildman–Crippen LogP) is 1.55. The average molecular weight is 293 g/mol. The molecule has 1 aromatic rings. The number of rotatable bonds is 3. The number of ether oxygens (including phenoxy) is 1. The first-order chi connectivity index (χ1) is 6.15. The first kappa shape index (κ1) is 10.5. The zero-order valence-corrected chi connectivity index (χ0v) is 10.1. The lowest BCUT2D eigenvalue weighted by Crippen LogP contribution is -2.12. The molecular weight excluding hydrogens is 281 g/mol. The van der Waals surface area contributed by atoms with Crippen molar-refractivity contribution in [2.45, 2.75) is 6.92 Å². The predicted molar refractivity (Wildman–Crippen MR) is 60.2 cm³/mol. The second kappa shape index (κ2) is 4.59. The fourth-order valence-electron chi connectivity index (χ4n) is 0.825. The number of nitrogens with zero attached hydrogens (tertiary/aromatic N) is 3. The summed E-state index contributed by atoms with van der Waals surface area (Å²) in [5, 5.41) is 8.00. The van der Waals surface area contributed by atoms with Crippen LogP contribution in [0, 0.1) is 3.70 Å². The van der Waals surface area contributed by atoms with Gasteiger partial charge in [0.1, 0.15) is 0 Å². The minimum atomic E-state index is 0.647. The third kappa shape index (κ3) is 2.68. The minimum absolute atomic E-state index is 0.647. The van der Waals surface area contributed by atoms with E-state index in [1.165, 1.54) is 0 Å². The van der Waals surface area contributed by atoms with Crippen LogP contribution in [-0.2, 0) is 0 Å². The maximum atomic E-state index is 5.39. The zero-order valence-electron chi connectivity index (χ0n) is 7.91. The van der Waals surface area contributed by atoms with E-state index in [1.807, 2.05) is 32.0 Å². The van der Waals surface area contributed by atoms with Gasteiger partial charge < -0.3 is 9.64 Å². The van der Waals surface area contributed by atoms with Crippen LogP contribution in [0.25, 0.3) is 0 Å². The van der Waals surface area contributed by atoms with Crippen LogP contribution in [0.3, 0.4) is 0 Å². The molecule has 0 aliphatic carbocycles. The molecule has 4 nitrogen and oxygen atoms in total. The highest BCUT2D eigenvalue weighted by molar-refractivity contribution is 14.1. The van der Waals surface area contributed by atoms with Gasteiger partial charge in [0.15, 0.2) is 15.3 Å².